The van der Waals surface area contributed by atoms with E-state index in [2.05, 4.69) is 10.6 Å². The van der Waals surface area contributed by atoms with Crippen LogP contribution >= 0.6 is 0 Å². The van der Waals surface area contributed by atoms with Crippen molar-refractivity contribution < 1.29 is 29.6 Å². The van der Waals surface area contributed by atoms with Crippen LogP contribution in [0.3, 0.4) is 0 Å². The van der Waals surface area contributed by atoms with E-state index in [1.54, 1.807) is 36.4 Å². The van der Waals surface area contributed by atoms with Crippen molar-refractivity contribution in [2.24, 2.45) is 0 Å². The van der Waals surface area contributed by atoms with Gasteiger partial charge in [0.15, 0.2) is 0 Å². The molecule has 3 aromatic rings. The predicted molar refractivity (Wildman–Crippen MR) is 121 cm³/mol. The molecular formula is C25H24N2O6. The Balaban J connectivity index is 1.30. The van der Waals surface area contributed by atoms with Gasteiger partial charge in [-0.25, -0.2) is 0 Å². The molecule has 4 rings (SSSR count). The Morgan fingerprint density at radius 1 is 0.879 bits per heavy atom. The second kappa shape index (κ2) is 9.52. The predicted octanol–water partition coefficient (Wildman–Crippen LogP) is 3.46. The first-order valence-corrected chi connectivity index (χ1v) is 10.6. The molecule has 0 heterocycles. The van der Waals surface area contributed by atoms with Crippen LogP contribution in [-0.4, -0.2) is 39.7 Å². The molecule has 1 aliphatic carbocycles. The van der Waals surface area contributed by atoms with E-state index in [0.717, 1.165) is 30.5 Å². The molecule has 170 valence electrons. The first-order chi connectivity index (χ1) is 15.9. The average Bonchev–Trinajstić information content (AvgIpc) is 3.58. The summed E-state index contributed by atoms with van der Waals surface area (Å²) in [5, 5.41) is 34.5. The molecule has 0 bridgehead atoms. The Morgan fingerprint density at radius 2 is 1.58 bits per heavy atom. The minimum absolute atomic E-state index is 0.103. The van der Waals surface area contributed by atoms with Gasteiger partial charge in [0.2, 0.25) is 0 Å². The number of carbonyl (C=O) groups is 2. The molecule has 0 atom stereocenters. The van der Waals surface area contributed by atoms with Gasteiger partial charge in [-0.15, -0.1) is 0 Å². The number of ether oxygens (including phenoxy) is 1. The molecule has 5 N–H and O–H groups in total. The van der Waals surface area contributed by atoms with E-state index in [0.29, 0.717) is 23.5 Å². The third-order valence-electron chi connectivity index (χ3n) is 5.18. The Labute approximate surface area is 190 Å². The highest BCUT2D eigenvalue weighted by Gasteiger charge is 2.24. The van der Waals surface area contributed by atoms with E-state index in [1.807, 2.05) is 12.1 Å². The molecule has 8 nitrogen and oxygen atoms in total. The van der Waals surface area contributed by atoms with E-state index >= 15 is 0 Å². The third-order valence-corrected chi connectivity index (χ3v) is 5.18. The lowest BCUT2D eigenvalue weighted by Crippen LogP contribution is -2.25. The highest BCUT2D eigenvalue weighted by Crippen LogP contribution is 2.31. The van der Waals surface area contributed by atoms with Crippen LogP contribution in [0.1, 0.15) is 39.1 Å². The van der Waals surface area contributed by atoms with Gasteiger partial charge in [-0.05, 0) is 55.2 Å². The maximum atomic E-state index is 12.2. The lowest BCUT2D eigenvalue weighted by Gasteiger charge is -2.10. The van der Waals surface area contributed by atoms with Gasteiger partial charge in [-0.3, -0.25) is 9.59 Å². The number of rotatable bonds is 8. The van der Waals surface area contributed by atoms with Crippen molar-refractivity contribution in [1.29, 1.82) is 0 Å². The summed E-state index contributed by atoms with van der Waals surface area (Å²) >= 11 is 0. The monoisotopic (exact) mass is 448 g/mol. The highest BCUT2D eigenvalue weighted by atomic mass is 16.5. The van der Waals surface area contributed by atoms with Crippen LogP contribution in [0.25, 0.3) is 0 Å². The normalized spacial score (nSPS) is 12.7. The minimum atomic E-state index is -0.643. The maximum absolute atomic E-state index is 12.2. The van der Waals surface area contributed by atoms with Gasteiger partial charge in [0.05, 0.1) is 0 Å². The van der Waals surface area contributed by atoms with Gasteiger partial charge in [0, 0.05) is 30.3 Å². The van der Waals surface area contributed by atoms with E-state index in [1.165, 1.54) is 0 Å². The van der Waals surface area contributed by atoms with Crippen LogP contribution in [0.4, 0.5) is 0 Å². The first kappa shape index (κ1) is 22.0. The smallest absolute Gasteiger partial charge is 0.258 e. The van der Waals surface area contributed by atoms with Gasteiger partial charge in [0.1, 0.15) is 34.3 Å². The largest absolute Gasteiger partial charge is 0.508 e. The van der Waals surface area contributed by atoms with Gasteiger partial charge < -0.3 is 30.7 Å². The van der Waals surface area contributed by atoms with Crippen molar-refractivity contribution >= 4 is 11.8 Å². The van der Waals surface area contributed by atoms with Crippen molar-refractivity contribution in [3.63, 3.8) is 0 Å². The second-order valence-electron chi connectivity index (χ2n) is 7.89. The molecule has 0 radical (unpaired) electrons. The summed E-state index contributed by atoms with van der Waals surface area (Å²) in [5.74, 6) is -0.906. The zero-order valence-electron chi connectivity index (χ0n) is 17.7. The van der Waals surface area contributed by atoms with Crippen molar-refractivity contribution in [3.8, 4) is 28.7 Å². The number of carbonyl (C=O) groups excluding carboxylic acids is 2. The van der Waals surface area contributed by atoms with Crippen LogP contribution in [-0.2, 0) is 6.42 Å². The summed E-state index contributed by atoms with van der Waals surface area (Å²) in [6, 6.07) is 16.6. The van der Waals surface area contributed by atoms with Crippen molar-refractivity contribution in [2.45, 2.75) is 25.3 Å². The van der Waals surface area contributed by atoms with Gasteiger partial charge in [-0.2, -0.15) is 0 Å². The Morgan fingerprint density at radius 3 is 2.24 bits per heavy atom. The fourth-order valence-electron chi connectivity index (χ4n) is 3.30. The molecule has 1 saturated carbocycles. The van der Waals surface area contributed by atoms with Crippen LogP contribution < -0.4 is 15.4 Å². The van der Waals surface area contributed by atoms with E-state index in [-0.39, 0.29) is 29.8 Å². The van der Waals surface area contributed by atoms with Crippen LogP contribution in [0.2, 0.25) is 0 Å². The molecule has 8 heteroatoms. The summed E-state index contributed by atoms with van der Waals surface area (Å²) in [7, 11) is 0. The number of benzene rings is 3. The van der Waals surface area contributed by atoms with Crippen LogP contribution in [0.15, 0.2) is 60.7 Å². The molecule has 0 unspecified atom stereocenters. The number of hydrogen-bond acceptors (Lipinski definition) is 6. The minimum Gasteiger partial charge on any atom is -0.508 e. The number of aromatic hydroxyl groups is 3. The molecule has 0 aliphatic heterocycles. The zero-order chi connectivity index (χ0) is 23.4. The number of nitrogens with one attached hydrogen (secondary N) is 2. The molecule has 1 aliphatic rings. The van der Waals surface area contributed by atoms with Crippen molar-refractivity contribution in [1.82, 2.24) is 10.6 Å². The number of hydrogen-bond donors (Lipinski definition) is 5. The van der Waals surface area contributed by atoms with Gasteiger partial charge in [0.25, 0.3) is 11.8 Å². The molecule has 2 amide bonds. The van der Waals surface area contributed by atoms with E-state index in [4.69, 9.17) is 4.74 Å². The number of phenols is 3. The SMILES string of the molecule is O=C(NC1CC1)c1cccc(Oc2ccc(CCNC(=O)c3c(O)cc(O)cc3O)cc2)c1. The molecule has 33 heavy (non-hydrogen) atoms. The lowest BCUT2D eigenvalue weighted by atomic mass is 10.1. The highest BCUT2D eigenvalue weighted by molar-refractivity contribution is 5.99. The first-order valence-electron chi connectivity index (χ1n) is 10.6. The number of phenolic OH excluding ortho intramolecular Hbond substituents is 3. The molecule has 0 aromatic heterocycles. The summed E-state index contributed by atoms with van der Waals surface area (Å²) in [5.41, 5.74) is 1.21. The summed E-state index contributed by atoms with van der Waals surface area (Å²) in [6.07, 6.45) is 2.57. The standard InChI is InChI=1S/C25H24N2O6/c28-18-13-21(29)23(22(30)14-18)25(32)26-11-10-15-4-8-19(9-5-15)33-20-3-1-2-16(12-20)24(31)27-17-6-7-17/h1-5,8-9,12-14,17,28-30H,6-7,10-11H2,(H,26,32)(H,27,31). The van der Waals surface area contributed by atoms with Crippen molar-refractivity contribution in [2.75, 3.05) is 6.54 Å². The summed E-state index contributed by atoms with van der Waals surface area (Å²) in [6.45, 7) is 0.275. The topological polar surface area (TPSA) is 128 Å². The molecule has 3 aromatic carbocycles. The van der Waals surface area contributed by atoms with Crippen LogP contribution in [0, 0.1) is 0 Å². The van der Waals surface area contributed by atoms with E-state index < -0.39 is 17.4 Å². The Bertz CT molecular complexity index is 1150. The summed E-state index contributed by atoms with van der Waals surface area (Å²) in [4.78, 5) is 24.4. The fraction of sp³-hybridized carbons (Fsp3) is 0.200. The van der Waals surface area contributed by atoms with Gasteiger partial charge in [-0.1, -0.05) is 18.2 Å². The molecular weight excluding hydrogens is 424 g/mol. The fourth-order valence-corrected chi connectivity index (χ4v) is 3.30. The quantitative estimate of drug-likeness (QED) is 0.359. The average molecular weight is 448 g/mol. The van der Waals surface area contributed by atoms with Crippen molar-refractivity contribution in [3.05, 3.63) is 77.4 Å². The molecule has 1 fully saturated rings. The molecule has 0 saturated heterocycles. The van der Waals surface area contributed by atoms with Gasteiger partial charge >= 0.3 is 0 Å². The third kappa shape index (κ3) is 5.74. The molecule has 0 spiro atoms. The number of amides is 2. The zero-order valence-corrected chi connectivity index (χ0v) is 17.7. The lowest BCUT2D eigenvalue weighted by molar-refractivity contribution is 0.0941. The Kier molecular flexibility index (Phi) is 6.35. The maximum Gasteiger partial charge on any atom is 0.258 e. The van der Waals surface area contributed by atoms with Crippen LogP contribution in [0.5, 0.6) is 28.7 Å². The second-order valence-corrected chi connectivity index (χ2v) is 7.89. The summed E-state index contributed by atoms with van der Waals surface area (Å²) < 4.78 is 5.86. The van der Waals surface area contributed by atoms with E-state index in [9.17, 15) is 24.9 Å². The Hall–Kier alpha value is -4.20.